The Labute approximate surface area is 155 Å². The number of hydrogen-bond acceptors (Lipinski definition) is 2. The molecule has 2 aromatic rings. The van der Waals surface area contributed by atoms with E-state index in [0.717, 1.165) is 24.1 Å². The number of hydrogen-bond donors (Lipinski definition) is 2. The smallest absolute Gasteiger partial charge is 0.335 e. The number of carbonyl (C=O) groups is 1. The second-order valence-corrected chi connectivity index (χ2v) is 7.48. The first-order valence-electron chi connectivity index (χ1n) is 8.08. The van der Waals surface area contributed by atoms with Crippen LogP contribution >= 0.6 is 22.6 Å². The molecule has 0 aromatic heterocycles. The van der Waals surface area contributed by atoms with Crippen molar-refractivity contribution in [3.63, 3.8) is 0 Å². The van der Waals surface area contributed by atoms with Crippen LogP contribution in [0.25, 0.3) is 0 Å². The topological polar surface area (TPSA) is 49.3 Å². The van der Waals surface area contributed by atoms with E-state index in [0.29, 0.717) is 11.5 Å². The number of halogens is 1. The summed E-state index contributed by atoms with van der Waals surface area (Å²) in [4.78, 5) is 11.1. The highest BCUT2D eigenvalue weighted by Gasteiger charge is 2.21. The zero-order valence-corrected chi connectivity index (χ0v) is 15.7. The molecule has 24 heavy (non-hydrogen) atoms. The minimum atomic E-state index is -0.889. The molecule has 2 aromatic carbocycles. The maximum atomic E-state index is 11.1. The highest BCUT2D eigenvalue weighted by Crippen LogP contribution is 2.32. The van der Waals surface area contributed by atoms with E-state index >= 15 is 0 Å². The number of fused-ring (bicyclic) bond motifs is 1. The second kappa shape index (κ2) is 7.38. The van der Waals surface area contributed by atoms with Gasteiger partial charge in [-0.05, 0) is 82.8 Å². The van der Waals surface area contributed by atoms with E-state index in [-0.39, 0.29) is 6.04 Å². The van der Waals surface area contributed by atoms with Crippen molar-refractivity contribution in [2.45, 2.75) is 25.8 Å². The highest BCUT2D eigenvalue weighted by molar-refractivity contribution is 14.1. The van der Waals surface area contributed by atoms with Gasteiger partial charge in [0.1, 0.15) is 0 Å². The lowest BCUT2D eigenvalue weighted by molar-refractivity contribution is 0.0697. The number of carboxylic acid groups (broad SMARTS) is 1. The minimum absolute atomic E-state index is 0.148. The maximum Gasteiger partial charge on any atom is 0.335 e. The third-order valence-corrected chi connectivity index (χ3v) is 5.15. The van der Waals surface area contributed by atoms with E-state index in [2.05, 4.69) is 65.2 Å². The maximum absolute atomic E-state index is 11.1. The Kier molecular flexibility index (Phi) is 5.23. The van der Waals surface area contributed by atoms with Crippen LogP contribution in [0.3, 0.4) is 0 Å². The molecule has 1 aliphatic rings. The van der Waals surface area contributed by atoms with Gasteiger partial charge in [0, 0.05) is 9.26 Å². The van der Waals surface area contributed by atoms with Crippen LogP contribution in [0.15, 0.2) is 54.6 Å². The van der Waals surface area contributed by atoms with Crippen molar-refractivity contribution in [1.29, 1.82) is 0 Å². The number of benzene rings is 2. The summed E-state index contributed by atoms with van der Waals surface area (Å²) in [6.45, 7) is 2.23. The fraction of sp³-hybridized carbons (Fsp3) is 0.250. The lowest BCUT2D eigenvalue weighted by Crippen LogP contribution is -2.19. The van der Waals surface area contributed by atoms with Gasteiger partial charge in [-0.3, -0.25) is 0 Å². The van der Waals surface area contributed by atoms with Crippen molar-refractivity contribution in [2.75, 3.05) is 5.32 Å². The molecule has 1 heterocycles. The largest absolute Gasteiger partial charge is 0.478 e. The summed E-state index contributed by atoms with van der Waals surface area (Å²) in [5.41, 5.74) is 3.89. The normalized spacial score (nSPS) is 21.6. The van der Waals surface area contributed by atoms with Crippen molar-refractivity contribution in [2.24, 2.45) is 5.92 Å². The van der Waals surface area contributed by atoms with Crippen molar-refractivity contribution in [3.05, 3.63) is 74.9 Å². The van der Waals surface area contributed by atoms with Crippen molar-refractivity contribution >= 4 is 34.2 Å². The molecule has 0 saturated heterocycles. The molecular weight excluding hydrogens is 413 g/mol. The number of allylic oxidation sites excluding steroid dienone is 2. The zero-order valence-electron chi connectivity index (χ0n) is 13.5. The van der Waals surface area contributed by atoms with Gasteiger partial charge in [0.05, 0.1) is 11.6 Å². The Morgan fingerprint density at radius 2 is 1.92 bits per heavy atom. The van der Waals surface area contributed by atoms with E-state index in [1.54, 1.807) is 12.1 Å². The van der Waals surface area contributed by atoms with Crippen molar-refractivity contribution < 1.29 is 9.90 Å². The summed E-state index contributed by atoms with van der Waals surface area (Å²) in [7, 11) is 0. The predicted molar refractivity (Wildman–Crippen MR) is 106 cm³/mol. The fourth-order valence-electron chi connectivity index (χ4n) is 3.08. The third-order valence-electron chi connectivity index (χ3n) is 4.48. The summed E-state index contributed by atoms with van der Waals surface area (Å²) in [6, 6.07) is 13.8. The average Bonchev–Trinajstić information content (AvgIpc) is 2.64. The van der Waals surface area contributed by atoms with Crippen LogP contribution in [0.1, 0.15) is 40.9 Å². The Balaban J connectivity index is 1.97. The molecule has 0 saturated carbocycles. The van der Waals surface area contributed by atoms with Gasteiger partial charge < -0.3 is 10.4 Å². The molecule has 0 fully saturated rings. The van der Waals surface area contributed by atoms with E-state index in [1.807, 2.05) is 12.1 Å². The lowest BCUT2D eigenvalue weighted by atomic mass is 9.91. The number of nitrogens with one attached hydrogen (secondary N) is 1. The number of carboxylic acids is 1. The molecule has 2 atom stereocenters. The first-order valence-corrected chi connectivity index (χ1v) is 9.15. The molecule has 2 N–H and O–H groups in total. The Bertz CT molecular complexity index is 768. The van der Waals surface area contributed by atoms with Gasteiger partial charge >= 0.3 is 5.97 Å². The van der Waals surface area contributed by atoms with Gasteiger partial charge in [0.25, 0.3) is 0 Å². The fourth-order valence-corrected chi connectivity index (χ4v) is 3.64. The van der Waals surface area contributed by atoms with Crippen LogP contribution in [0.4, 0.5) is 5.69 Å². The third kappa shape index (κ3) is 3.80. The molecule has 0 amide bonds. The number of anilines is 1. The van der Waals surface area contributed by atoms with Crippen LogP contribution in [0, 0.1) is 9.49 Å². The first-order chi connectivity index (χ1) is 11.5. The molecule has 0 radical (unpaired) electrons. The molecule has 0 aliphatic carbocycles. The Hall–Kier alpha value is -1.82. The second-order valence-electron chi connectivity index (χ2n) is 6.24. The van der Waals surface area contributed by atoms with Gasteiger partial charge in [-0.15, -0.1) is 0 Å². The van der Waals surface area contributed by atoms with Crippen molar-refractivity contribution in [1.82, 2.24) is 0 Å². The molecule has 4 heteroatoms. The molecule has 124 valence electrons. The molecule has 0 unspecified atom stereocenters. The van der Waals surface area contributed by atoms with Crippen LogP contribution < -0.4 is 5.32 Å². The Morgan fingerprint density at radius 1 is 1.17 bits per heavy atom. The number of rotatable bonds is 2. The molecular formula is C20H20INO2. The standard InChI is InChI=1S/C20H20INO2/c1-13-4-2-3-5-16-12-17(21)10-11-18(16)22-19(13)14-6-8-15(9-7-14)20(23)24/h2-3,6-13,19,22H,4-5H2,1H3,(H,23,24)/b3-2-/t13-,19-/m1/s1. The van der Waals surface area contributed by atoms with E-state index in [9.17, 15) is 4.79 Å². The minimum Gasteiger partial charge on any atom is -0.478 e. The SMILES string of the molecule is C[C@@H]1C/C=C\Cc2cc(I)ccc2N[C@H]1c1ccc(C(=O)O)cc1. The quantitative estimate of drug-likeness (QED) is 0.501. The van der Waals surface area contributed by atoms with Gasteiger partial charge in [-0.1, -0.05) is 31.2 Å². The summed E-state index contributed by atoms with van der Waals surface area (Å²) in [6.07, 6.45) is 6.41. The first kappa shape index (κ1) is 17.0. The van der Waals surface area contributed by atoms with Crippen LogP contribution in [-0.4, -0.2) is 11.1 Å². The summed E-state index contributed by atoms with van der Waals surface area (Å²) < 4.78 is 1.23. The van der Waals surface area contributed by atoms with E-state index in [4.69, 9.17) is 5.11 Å². The monoisotopic (exact) mass is 433 g/mol. The molecule has 3 nitrogen and oxygen atoms in total. The zero-order chi connectivity index (χ0) is 17.1. The Morgan fingerprint density at radius 3 is 2.62 bits per heavy atom. The molecule has 0 spiro atoms. The van der Waals surface area contributed by atoms with E-state index < -0.39 is 5.97 Å². The van der Waals surface area contributed by atoms with Gasteiger partial charge in [-0.2, -0.15) is 0 Å². The summed E-state index contributed by atoms with van der Waals surface area (Å²) in [5.74, 6) is -0.484. The van der Waals surface area contributed by atoms with Crippen LogP contribution in [-0.2, 0) is 6.42 Å². The molecule has 0 bridgehead atoms. The molecule has 3 rings (SSSR count). The highest BCUT2D eigenvalue weighted by atomic mass is 127. The van der Waals surface area contributed by atoms with Gasteiger partial charge in [0.2, 0.25) is 0 Å². The summed E-state index contributed by atoms with van der Waals surface area (Å²) in [5, 5.41) is 12.8. The predicted octanol–water partition coefficient (Wildman–Crippen LogP) is 5.28. The van der Waals surface area contributed by atoms with Crippen LogP contribution in [0.5, 0.6) is 0 Å². The van der Waals surface area contributed by atoms with E-state index in [1.165, 1.54) is 9.13 Å². The van der Waals surface area contributed by atoms with Crippen LogP contribution in [0.2, 0.25) is 0 Å². The summed E-state index contributed by atoms with van der Waals surface area (Å²) >= 11 is 2.34. The number of aromatic carboxylic acids is 1. The molecule has 1 aliphatic heterocycles. The van der Waals surface area contributed by atoms with Gasteiger partial charge in [0.15, 0.2) is 0 Å². The van der Waals surface area contributed by atoms with Crippen molar-refractivity contribution in [3.8, 4) is 0 Å². The lowest BCUT2D eigenvalue weighted by Gasteiger charge is -2.27. The van der Waals surface area contributed by atoms with Gasteiger partial charge in [-0.25, -0.2) is 4.79 Å². The average molecular weight is 433 g/mol.